The Bertz CT molecular complexity index is 825. The number of hydrogen-bond donors (Lipinski definition) is 2. The normalized spacial score (nSPS) is 11.6. The number of amides is 2. The molecule has 0 spiro atoms. The van der Waals surface area contributed by atoms with Crippen molar-refractivity contribution in [3.63, 3.8) is 0 Å². The van der Waals surface area contributed by atoms with Crippen LogP contribution in [-0.2, 0) is 16.0 Å². The van der Waals surface area contributed by atoms with E-state index >= 15 is 0 Å². The molecule has 0 heterocycles. The molecule has 3 N–H and O–H groups in total. The van der Waals surface area contributed by atoms with Crippen molar-refractivity contribution in [3.05, 3.63) is 70.0 Å². The Kier molecular flexibility index (Phi) is 5.88. The van der Waals surface area contributed by atoms with Crippen molar-refractivity contribution < 1.29 is 18.8 Å². The molecule has 0 bridgehead atoms. The predicted octanol–water partition coefficient (Wildman–Crippen LogP) is 2.18. The minimum absolute atomic E-state index is 0.0411. The summed E-state index contributed by atoms with van der Waals surface area (Å²) in [5.74, 6) is -3.82. The van der Waals surface area contributed by atoms with Crippen LogP contribution in [0, 0.1) is 12.7 Å². The first kappa shape index (κ1) is 18.6. The molecule has 0 aliphatic rings. The van der Waals surface area contributed by atoms with E-state index in [1.54, 1.807) is 30.3 Å². The monoisotopic (exact) mass is 362 g/mol. The summed E-state index contributed by atoms with van der Waals surface area (Å²) in [6.07, 6.45) is 0.0411. The zero-order valence-corrected chi connectivity index (χ0v) is 14.1. The Balaban J connectivity index is 2.30. The van der Waals surface area contributed by atoms with Gasteiger partial charge in [-0.15, -0.1) is 0 Å². The van der Waals surface area contributed by atoms with E-state index in [-0.39, 0.29) is 22.6 Å². The second-order valence-corrected chi connectivity index (χ2v) is 5.90. The third kappa shape index (κ3) is 4.42. The fourth-order valence-corrected chi connectivity index (χ4v) is 2.56. The van der Waals surface area contributed by atoms with Crippen LogP contribution in [0.3, 0.4) is 0 Å². The highest BCUT2D eigenvalue weighted by Crippen LogP contribution is 2.22. The van der Waals surface area contributed by atoms with E-state index in [0.717, 1.165) is 0 Å². The van der Waals surface area contributed by atoms with Gasteiger partial charge in [-0.25, -0.2) is 4.39 Å². The van der Waals surface area contributed by atoms with Crippen molar-refractivity contribution in [3.8, 4) is 0 Å². The first-order chi connectivity index (χ1) is 11.8. The average Bonchev–Trinajstić information content (AvgIpc) is 2.58. The third-order valence-corrected chi connectivity index (χ3v) is 3.97. The smallest absolute Gasteiger partial charge is 0.287 e. The van der Waals surface area contributed by atoms with Crippen LogP contribution < -0.4 is 11.1 Å². The first-order valence-electron chi connectivity index (χ1n) is 7.44. The van der Waals surface area contributed by atoms with Crippen LogP contribution in [0.25, 0.3) is 0 Å². The van der Waals surface area contributed by atoms with Gasteiger partial charge < -0.3 is 11.1 Å². The summed E-state index contributed by atoms with van der Waals surface area (Å²) in [7, 11) is 0. The van der Waals surface area contributed by atoms with Gasteiger partial charge in [0.25, 0.3) is 11.8 Å². The van der Waals surface area contributed by atoms with Crippen molar-refractivity contribution in [1.82, 2.24) is 5.32 Å². The van der Waals surface area contributed by atoms with E-state index < -0.39 is 29.5 Å². The Morgan fingerprint density at radius 3 is 2.40 bits per heavy atom. The molecular formula is C18H16ClFN2O3. The average molecular weight is 363 g/mol. The molecular weight excluding hydrogens is 347 g/mol. The molecule has 2 amide bonds. The SMILES string of the molecule is Cc1ccc(Cl)c(C(=O)NC(Cc2ccccc2)C(=O)C(N)=O)c1F. The summed E-state index contributed by atoms with van der Waals surface area (Å²) in [6, 6.07) is 10.3. The number of benzene rings is 2. The van der Waals surface area contributed by atoms with Crippen molar-refractivity contribution in [2.75, 3.05) is 0 Å². The zero-order valence-electron chi connectivity index (χ0n) is 13.4. The molecule has 2 aromatic carbocycles. The maximum atomic E-state index is 14.2. The molecule has 5 nitrogen and oxygen atoms in total. The Labute approximate surface area is 149 Å². The molecule has 1 unspecified atom stereocenters. The molecule has 0 aliphatic carbocycles. The van der Waals surface area contributed by atoms with Gasteiger partial charge in [-0.05, 0) is 24.1 Å². The molecule has 7 heteroatoms. The van der Waals surface area contributed by atoms with Crippen LogP contribution in [0.2, 0.25) is 5.02 Å². The summed E-state index contributed by atoms with van der Waals surface area (Å²) in [5.41, 5.74) is 5.61. The second-order valence-electron chi connectivity index (χ2n) is 5.50. The standard InChI is InChI=1S/C18H16ClFN2O3/c1-10-7-8-12(19)14(15(10)20)18(25)22-13(16(23)17(21)24)9-11-5-3-2-4-6-11/h2-8,13H,9H2,1H3,(H2,21,24)(H,22,25). The van der Waals surface area contributed by atoms with E-state index in [4.69, 9.17) is 17.3 Å². The Hall–Kier alpha value is -2.73. The van der Waals surface area contributed by atoms with Crippen molar-refractivity contribution in [2.24, 2.45) is 5.73 Å². The number of nitrogens with two attached hydrogens (primary N) is 1. The number of hydrogen-bond acceptors (Lipinski definition) is 3. The summed E-state index contributed by atoms with van der Waals surface area (Å²) < 4.78 is 14.2. The number of ketones is 1. The summed E-state index contributed by atoms with van der Waals surface area (Å²) >= 11 is 5.90. The maximum Gasteiger partial charge on any atom is 0.287 e. The summed E-state index contributed by atoms with van der Waals surface area (Å²) in [6.45, 7) is 1.48. The van der Waals surface area contributed by atoms with E-state index in [0.29, 0.717) is 5.56 Å². The number of carbonyl (C=O) groups excluding carboxylic acids is 3. The minimum Gasteiger partial charge on any atom is -0.363 e. The number of halogens is 2. The quantitative estimate of drug-likeness (QED) is 0.772. The van der Waals surface area contributed by atoms with E-state index in [9.17, 15) is 18.8 Å². The van der Waals surface area contributed by atoms with Gasteiger partial charge >= 0.3 is 0 Å². The van der Waals surface area contributed by atoms with Gasteiger partial charge in [-0.2, -0.15) is 0 Å². The lowest BCUT2D eigenvalue weighted by Gasteiger charge is -2.17. The van der Waals surface area contributed by atoms with Crippen molar-refractivity contribution >= 4 is 29.2 Å². The highest BCUT2D eigenvalue weighted by molar-refractivity contribution is 6.38. The molecule has 25 heavy (non-hydrogen) atoms. The number of primary amides is 1. The largest absolute Gasteiger partial charge is 0.363 e. The van der Waals surface area contributed by atoms with Crippen LogP contribution in [0.1, 0.15) is 21.5 Å². The molecule has 1 atom stereocenters. The topological polar surface area (TPSA) is 89.3 Å². The number of carbonyl (C=O) groups is 3. The summed E-state index contributed by atoms with van der Waals surface area (Å²) in [4.78, 5) is 35.7. The van der Waals surface area contributed by atoms with Gasteiger partial charge in [-0.3, -0.25) is 14.4 Å². The molecule has 0 saturated carbocycles. The van der Waals surface area contributed by atoms with Crippen LogP contribution in [0.5, 0.6) is 0 Å². The highest BCUT2D eigenvalue weighted by atomic mass is 35.5. The lowest BCUT2D eigenvalue weighted by Crippen LogP contribution is -2.47. The molecule has 0 fully saturated rings. The van der Waals surface area contributed by atoms with Crippen molar-refractivity contribution in [2.45, 2.75) is 19.4 Å². The molecule has 0 saturated heterocycles. The summed E-state index contributed by atoms with van der Waals surface area (Å²) in [5, 5.41) is 2.27. The number of nitrogens with one attached hydrogen (secondary N) is 1. The van der Waals surface area contributed by atoms with Crippen LogP contribution in [-0.4, -0.2) is 23.6 Å². The number of rotatable bonds is 6. The molecule has 2 rings (SSSR count). The van der Waals surface area contributed by atoms with Crippen LogP contribution in [0.4, 0.5) is 4.39 Å². The van der Waals surface area contributed by atoms with Crippen LogP contribution >= 0.6 is 11.6 Å². The van der Waals surface area contributed by atoms with Gasteiger partial charge in [0, 0.05) is 6.42 Å². The van der Waals surface area contributed by atoms with Crippen LogP contribution in [0.15, 0.2) is 42.5 Å². The second kappa shape index (κ2) is 7.90. The highest BCUT2D eigenvalue weighted by Gasteiger charge is 2.28. The fraction of sp³-hybridized carbons (Fsp3) is 0.167. The molecule has 0 aromatic heterocycles. The zero-order chi connectivity index (χ0) is 18.6. The molecule has 0 aliphatic heterocycles. The fourth-order valence-electron chi connectivity index (χ4n) is 2.33. The Morgan fingerprint density at radius 2 is 1.80 bits per heavy atom. The van der Waals surface area contributed by atoms with Gasteiger partial charge in [0.15, 0.2) is 0 Å². The minimum atomic E-state index is -1.22. The first-order valence-corrected chi connectivity index (χ1v) is 7.82. The number of aryl methyl sites for hydroxylation is 1. The maximum absolute atomic E-state index is 14.2. The molecule has 0 radical (unpaired) electrons. The lowest BCUT2D eigenvalue weighted by molar-refractivity contribution is -0.137. The van der Waals surface area contributed by atoms with E-state index in [2.05, 4.69) is 5.32 Å². The molecule has 130 valence electrons. The third-order valence-electron chi connectivity index (χ3n) is 3.66. The van der Waals surface area contributed by atoms with Gasteiger partial charge in [0.2, 0.25) is 5.78 Å². The van der Waals surface area contributed by atoms with Gasteiger partial charge in [0.05, 0.1) is 10.6 Å². The molecule has 2 aromatic rings. The van der Waals surface area contributed by atoms with Crippen molar-refractivity contribution in [1.29, 1.82) is 0 Å². The lowest BCUT2D eigenvalue weighted by atomic mass is 10.0. The predicted molar refractivity (Wildman–Crippen MR) is 91.7 cm³/mol. The van der Waals surface area contributed by atoms with Gasteiger partial charge in [-0.1, -0.05) is 48.0 Å². The van der Waals surface area contributed by atoms with E-state index in [1.165, 1.54) is 19.1 Å². The number of Topliss-reactive ketones (excluding diaryl/α,β-unsaturated/α-hetero) is 1. The van der Waals surface area contributed by atoms with Gasteiger partial charge in [0.1, 0.15) is 11.9 Å². The van der Waals surface area contributed by atoms with E-state index in [1.807, 2.05) is 0 Å². The Morgan fingerprint density at radius 1 is 1.16 bits per heavy atom.